The van der Waals surface area contributed by atoms with Gasteiger partial charge in [-0.3, -0.25) is 0 Å². The van der Waals surface area contributed by atoms with Gasteiger partial charge in [-0.1, -0.05) is 26.7 Å². The molecule has 0 spiro atoms. The summed E-state index contributed by atoms with van der Waals surface area (Å²) in [6.07, 6.45) is 8.65. The zero-order valence-electron chi connectivity index (χ0n) is 12.6. The van der Waals surface area contributed by atoms with Crippen LogP contribution in [0.5, 0.6) is 0 Å². The van der Waals surface area contributed by atoms with Crippen LogP contribution in [-0.4, -0.2) is 37.6 Å². The SMILES string of the molecule is CNC(CN1CCC(C(C)C)CC1)C1CCCC1. The second-order valence-electron chi connectivity index (χ2n) is 6.82. The zero-order valence-corrected chi connectivity index (χ0v) is 12.6. The number of nitrogens with one attached hydrogen (secondary N) is 1. The molecule has 0 aromatic rings. The van der Waals surface area contributed by atoms with E-state index in [9.17, 15) is 0 Å². The largest absolute Gasteiger partial charge is 0.315 e. The molecule has 1 heterocycles. The summed E-state index contributed by atoms with van der Waals surface area (Å²) >= 11 is 0. The van der Waals surface area contributed by atoms with Gasteiger partial charge in [-0.05, 0) is 63.6 Å². The molecule has 1 atom stereocenters. The quantitative estimate of drug-likeness (QED) is 0.809. The third kappa shape index (κ3) is 3.71. The molecule has 1 N–H and O–H groups in total. The molecule has 2 heteroatoms. The highest BCUT2D eigenvalue weighted by atomic mass is 15.2. The fourth-order valence-corrected chi connectivity index (χ4v) is 3.92. The molecule has 0 bridgehead atoms. The fourth-order valence-electron chi connectivity index (χ4n) is 3.92. The van der Waals surface area contributed by atoms with Crippen molar-refractivity contribution in [3.63, 3.8) is 0 Å². The van der Waals surface area contributed by atoms with Gasteiger partial charge in [0.05, 0.1) is 0 Å². The van der Waals surface area contributed by atoms with E-state index in [0.717, 1.165) is 23.8 Å². The standard InChI is InChI=1S/C16H32N2/c1-13(2)14-8-10-18(11-9-14)12-16(17-3)15-6-4-5-7-15/h13-17H,4-12H2,1-3H3. The molecule has 1 unspecified atom stereocenters. The predicted octanol–water partition coefficient (Wildman–Crippen LogP) is 3.13. The molecule has 1 aliphatic carbocycles. The predicted molar refractivity (Wildman–Crippen MR) is 78.8 cm³/mol. The maximum atomic E-state index is 3.58. The van der Waals surface area contributed by atoms with Gasteiger partial charge in [-0.2, -0.15) is 0 Å². The lowest BCUT2D eigenvalue weighted by Crippen LogP contribution is -2.46. The van der Waals surface area contributed by atoms with Gasteiger partial charge in [0, 0.05) is 12.6 Å². The molecule has 2 aliphatic rings. The third-order valence-electron chi connectivity index (χ3n) is 5.37. The van der Waals surface area contributed by atoms with E-state index in [0.29, 0.717) is 0 Å². The van der Waals surface area contributed by atoms with E-state index in [2.05, 4.69) is 31.1 Å². The summed E-state index contributed by atoms with van der Waals surface area (Å²) in [5.41, 5.74) is 0. The molecule has 106 valence electrons. The van der Waals surface area contributed by atoms with Crippen molar-refractivity contribution in [2.45, 2.75) is 58.4 Å². The molecule has 2 fully saturated rings. The third-order valence-corrected chi connectivity index (χ3v) is 5.37. The Balaban J connectivity index is 1.75. The molecule has 2 nitrogen and oxygen atoms in total. The molecule has 0 aromatic heterocycles. The van der Waals surface area contributed by atoms with Crippen LogP contribution in [0.15, 0.2) is 0 Å². The zero-order chi connectivity index (χ0) is 13.0. The Hall–Kier alpha value is -0.0800. The summed E-state index contributed by atoms with van der Waals surface area (Å²) in [6.45, 7) is 8.71. The highest BCUT2D eigenvalue weighted by molar-refractivity contribution is 4.84. The number of piperidine rings is 1. The Kier molecular flexibility index (Phi) is 5.50. The van der Waals surface area contributed by atoms with Crippen LogP contribution >= 0.6 is 0 Å². The van der Waals surface area contributed by atoms with E-state index in [-0.39, 0.29) is 0 Å². The minimum atomic E-state index is 0.739. The van der Waals surface area contributed by atoms with E-state index >= 15 is 0 Å². The van der Waals surface area contributed by atoms with E-state index < -0.39 is 0 Å². The average Bonchev–Trinajstić information content (AvgIpc) is 2.90. The summed E-state index contributed by atoms with van der Waals surface area (Å²) in [5, 5.41) is 3.58. The maximum absolute atomic E-state index is 3.58. The Morgan fingerprint density at radius 1 is 1.00 bits per heavy atom. The van der Waals surface area contributed by atoms with E-state index in [1.807, 2.05) is 0 Å². The monoisotopic (exact) mass is 252 g/mol. The highest BCUT2D eigenvalue weighted by Gasteiger charge is 2.28. The lowest BCUT2D eigenvalue weighted by molar-refractivity contribution is 0.135. The van der Waals surface area contributed by atoms with Gasteiger partial charge in [0.1, 0.15) is 0 Å². The van der Waals surface area contributed by atoms with Crippen LogP contribution in [0.1, 0.15) is 52.4 Å². The normalized spacial score (nSPS) is 26.0. The average molecular weight is 252 g/mol. The molecule has 0 radical (unpaired) electrons. The van der Waals surface area contributed by atoms with Crippen LogP contribution in [-0.2, 0) is 0 Å². The van der Waals surface area contributed by atoms with Gasteiger partial charge in [-0.15, -0.1) is 0 Å². The summed E-state index contributed by atoms with van der Waals surface area (Å²) in [5.74, 6) is 2.79. The smallest absolute Gasteiger partial charge is 0.0220 e. The maximum Gasteiger partial charge on any atom is 0.0220 e. The number of likely N-dealkylation sites (tertiary alicyclic amines) is 1. The number of nitrogens with zero attached hydrogens (tertiary/aromatic N) is 1. The molecule has 2 rings (SSSR count). The van der Waals surface area contributed by atoms with Gasteiger partial charge >= 0.3 is 0 Å². The lowest BCUT2D eigenvalue weighted by atomic mass is 9.86. The number of rotatable bonds is 5. The van der Waals surface area contributed by atoms with Crippen molar-refractivity contribution in [1.29, 1.82) is 0 Å². The van der Waals surface area contributed by atoms with Crippen LogP contribution in [0.3, 0.4) is 0 Å². The van der Waals surface area contributed by atoms with Crippen molar-refractivity contribution in [3.05, 3.63) is 0 Å². The first-order valence-electron chi connectivity index (χ1n) is 8.10. The summed E-state index contributed by atoms with van der Waals surface area (Å²) in [6, 6.07) is 0.739. The van der Waals surface area contributed by atoms with Gasteiger partial charge < -0.3 is 10.2 Å². The fraction of sp³-hybridized carbons (Fsp3) is 1.00. The number of likely N-dealkylation sites (N-methyl/N-ethyl adjacent to an activating group) is 1. The van der Waals surface area contributed by atoms with Crippen molar-refractivity contribution in [2.24, 2.45) is 17.8 Å². The molecule has 1 saturated heterocycles. The molecular formula is C16H32N2. The Morgan fingerprint density at radius 2 is 1.61 bits per heavy atom. The van der Waals surface area contributed by atoms with Gasteiger partial charge in [0.25, 0.3) is 0 Å². The molecule has 1 aliphatic heterocycles. The van der Waals surface area contributed by atoms with E-state index in [1.165, 1.54) is 58.2 Å². The minimum Gasteiger partial charge on any atom is -0.315 e. The van der Waals surface area contributed by atoms with Crippen molar-refractivity contribution >= 4 is 0 Å². The van der Waals surface area contributed by atoms with E-state index in [1.54, 1.807) is 0 Å². The topological polar surface area (TPSA) is 15.3 Å². The molecule has 0 aromatic carbocycles. The second-order valence-corrected chi connectivity index (χ2v) is 6.82. The second kappa shape index (κ2) is 6.91. The first kappa shape index (κ1) is 14.3. The molecule has 1 saturated carbocycles. The van der Waals surface area contributed by atoms with Crippen LogP contribution in [0.4, 0.5) is 0 Å². The summed E-state index contributed by atoms with van der Waals surface area (Å²) < 4.78 is 0. The first-order valence-corrected chi connectivity index (χ1v) is 8.10. The summed E-state index contributed by atoms with van der Waals surface area (Å²) in [7, 11) is 2.16. The molecular weight excluding hydrogens is 220 g/mol. The van der Waals surface area contributed by atoms with Crippen LogP contribution < -0.4 is 5.32 Å². The lowest BCUT2D eigenvalue weighted by Gasteiger charge is -2.37. The van der Waals surface area contributed by atoms with E-state index in [4.69, 9.17) is 0 Å². The minimum absolute atomic E-state index is 0.739. The van der Waals surface area contributed by atoms with Crippen LogP contribution in [0.2, 0.25) is 0 Å². The summed E-state index contributed by atoms with van der Waals surface area (Å²) in [4.78, 5) is 2.71. The van der Waals surface area contributed by atoms with Crippen LogP contribution in [0, 0.1) is 17.8 Å². The Morgan fingerprint density at radius 3 is 2.11 bits per heavy atom. The van der Waals surface area contributed by atoms with Crippen molar-refractivity contribution < 1.29 is 0 Å². The van der Waals surface area contributed by atoms with Crippen molar-refractivity contribution in [2.75, 3.05) is 26.7 Å². The molecule has 18 heavy (non-hydrogen) atoms. The van der Waals surface area contributed by atoms with Gasteiger partial charge in [0.2, 0.25) is 0 Å². The Bertz CT molecular complexity index is 225. The number of hydrogen-bond acceptors (Lipinski definition) is 2. The van der Waals surface area contributed by atoms with Gasteiger partial charge in [0.15, 0.2) is 0 Å². The Labute approximate surface area is 114 Å². The highest BCUT2D eigenvalue weighted by Crippen LogP contribution is 2.29. The number of hydrogen-bond donors (Lipinski definition) is 1. The van der Waals surface area contributed by atoms with Gasteiger partial charge in [-0.25, -0.2) is 0 Å². The first-order chi connectivity index (χ1) is 8.70. The van der Waals surface area contributed by atoms with Crippen LogP contribution in [0.25, 0.3) is 0 Å². The molecule has 0 amide bonds. The van der Waals surface area contributed by atoms with Crippen molar-refractivity contribution in [3.8, 4) is 0 Å². The van der Waals surface area contributed by atoms with Crippen molar-refractivity contribution in [1.82, 2.24) is 10.2 Å².